The zero-order valence-corrected chi connectivity index (χ0v) is 18.0. The summed E-state index contributed by atoms with van der Waals surface area (Å²) in [5.74, 6) is 1.10. The maximum Gasteiger partial charge on any atom is 0.223 e. The molecule has 0 aliphatic carbocycles. The SMILES string of the molecule is Cc1ccc2sc(N3CCN(C(=O)CCSc4ccccc4)CC3)nc2c1C. The molecule has 1 aliphatic rings. The van der Waals surface area contributed by atoms with Crippen molar-refractivity contribution in [3.05, 3.63) is 53.6 Å². The van der Waals surface area contributed by atoms with Crippen LogP contribution in [0.15, 0.2) is 47.4 Å². The molecule has 2 aromatic carbocycles. The molecular weight excluding hydrogens is 386 g/mol. The highest BCUT2D eigenvalue weighted by molar-refractivity contribution is 7.99. The summed E-state index contributed by atoms with van der Waals surface area (Å²) in [6.07, 6.45) is 0.596. The van der Waals surface area contributed by atoms with Gasteiger partial charge in [0.15, 0.2) is 5.13 Å². The number of nitrogens with zero attached hydrogens (tertiary/aromatic N) is 3. The molecule has 4 nitrogen and oxygen atoms in total. The number of benzene rings is 2. The molecule has 2 heterocycles. The third-order valence-electron chi connectivity index (χ3n) is 5.30. The van der Waals surface area contributed by atoms with Gasteiger partial charge in [-0.25, -0.2) is 4.98 Å². The first-order chi connectivity index (χ1) is 13.6. The Hall–Kier alpha value is -2.05. The van der Waals surface area contributed by atoms with Crippen LogP contribution in [0.3, 0.4) is 0 Å². The summed E-state index contributed by atoms with van der Waals surface area (Å²) in [4.78, 5) is 23.0. The minimum Gasteiger partial charge on any atom is -0.345 e. The standard InChI is InChI=1S/C22H25N3OS2/c1-16-8-9-19-21(17(16)2)23-22(28-19)25-13-11-24(12-14-25)20(26)10-15-27-18-6-4-3-5-7-18/h3-9H,10-15H2,1-2H3. The van der Waals surface area contributed by atoms with Crippen LogP contribution in [0, 0.1) is 13.8 Å². The molecule has 0 bridgehead atoms. The maximum absolute atomic E-state index is 12.5. The van der Waals surface area contributed by atoms with Crippen LogP contribution in [0.2, 0.25) is 0 Å². The third-order valence-corrected chi connectivity index (χ3v) is 7.40. The van der Waals surface area contributed by atoms with E-state index in [1.54, 1.807) is 23.1 Å². The largest absolute Gasteiger partial charge is 0.345 e. The second-order valence-corrected chi connectivity index (χ2v) is 9.31. The summed E-state index contributed by atoms with van der Waals surface area (Å²) >= 11 is 3.50. The fraction of sp³-hybridized carbons (Fsp3) is 0.364. The highest BCUT2D eigenvalue weighted by Crippen LogP contribution is 2.32. The highest BCUT2D eigenvalue weighted by atomic mass is 32.2. The number of amides is 1. The predicted molar refractivity (Wildman–Crippen MR) is 120 cm³/mol. The van der Waals surface area contributed by atoms with Crippen LogP contribution in [0.1, 0.15) is 17.5 Å². The van der Waals surface area contributed by atoms with E-state index in [1.165, 1.54) is 20.7 Å². The quantitative estimate of drug-likeness (QED) is 0.568. The molecule has 3 aromatic rings. The molecule has 1 aromatic heterocycles. The lowest BCUT2D eigenvalue weighted by molar-refractivity contribution is -0.131. The first-order valence-corrected chi connectivity index (χ1v) is 11.5. The third kappa shape index (κ3) is 4.18. The monoisotopic (exact) mass is 411 g/mol. The van der Waals surface area contributed by atoms with Crippen molar-refractivity contribution in [2.24, 2.45) is 0 Å². The van der Waals surface area contributed by atoms with Crippen LogP contribution < -0.4 is 4.90 Å². The molecule has 1 fully saturated rings. The first kappa shape index (κ1) is 19.3. The number of carbonyl (C=O) groups is 1. The maximum atomic E-state index is 12.5. The predicted octanol–water partition coefficient (Wildman–Crippen LogP) is 4.74. The van der Waals surface area contributed by atoms with E-state index >= 15 is 0 Å². The van der Waals surface area contributed by atoms with Crippen molar-refractivity contribution in [2.75, 3.05) is 36.8 Å². The van der Waals surface area contributed by atoms with Gasteiger partial charge in [0.2, 0.25) is 5.91 Å². The van der Waals surface area contributed by atoms with Crippen LogP contribution in [0.4, 0.5) is 5.13 Å². The van der Waals surface area contributed by atoms with Crippen molar-refractivity contribution in [3.8, 4) is 0 Å². The summed E-state index contributed by atoms with van der Waals surface area (Å²) in [5, 5.41) is 1.08. The lowest BCUT2D eigenvalue weighted by Gasteiger charge is -2.34. The Balaban J connectivity index is 1.30. The molecule has 1 saturated heterocycles. The van der Waals surface area contributed by atoms with Crippen LogP contribution in [0.25, 0.3) is 10.2 Å². The molecule has 1 aliphatic heterocycles. The summed E-state index contributed by atoms with van der Waals surface area (Å²) in [6.45, 7) is 7.55. The van der Waals surface area contributed by atoms with Crippen molar-refractivity contribution in [3.63, 3.8) is 0 Å². The van der Waals surface area contributed by atoms with Crippen LogP contribution in [-0.2, 0) is 4.79 Å². The van der Waals surface area contributed by atoms with Gasteiger partial charge in [-0.15, -0.1) is 11.8 Å². The Kier molecular flexibility index (Phi) is 5.87. The average Bonchev–Trinajstić information content (AvgIpc) is 3.17. The number of hydrogen-bond acceptors (Lipinski definition) is 5. The number of fused-ring (bicyclic) bond motifs is 1. The number of aromatic nitrogens is 1. The summed E-state index contributed by atoms with van der Waals surface area (Å²) in [7, 11) is 0. The zero-order valence-electron chi connectivity index (χ0n) is 16.4. The number of thioether (sulfide) groups is 1. The lowest BCUT2D eigenvalue weighted by atomic mass is 10.1. The number of carbonyl (C=O) groups excluding carboxylic acids is 1. The van der Waals surface area contributed by atoms with Crippen molar-refractivity contribution < 1.29 is 4.79 Å². The van der Waals surface area contributed by atoms with Crippen LogP contribution >= 0.6 is 23.1 Å². The van der Waals surface area contributed by atoms with E-state index < -0.39 is 0 Å². The molecule has 0 atom stereocenters. The fourth-order valence-electron chi connectivity index (χ4n) is 3.43. The normalized spacial score (nSPS) is 14.6. The first-order valence-electron chi connectivity index (χ1n) is 9.69. The molecule has 1 amide bonds. The van der Waals surface area contributed by atoms with Gasteiger partial charge in [0, 0.05) is 43.2 Å². The van der Waals surface area contributed by atoms with Gasteiger partial charge < -0.3 is 9.80 Å². The summed E-state index contributed by atoms with van der Waals surface area (Å²) < 4.78 is 1.24. The number of anilines is 1. The van der Waals surface area contributed by atoms with E-state index in [1.807, 2.05) is 23.1 Å². The Morgan fingerprint density at radius 2 is 1.82 bits per heavy atom. The highest BCUT2D eigenvalue weighted by Gasteiger charge is 2.23. The molecule has 28 heavy (non-hydrogen) atoms. The van der Waals surface area contributed by atoms with Gasteiger partial charge in [-0.3, -0.25) is 4.79 Å². The van der Waals surface area contributed by atoms with Crippen molar-refractivity contribution in [1.82, 2.24) is 9.88 Å². The Morgan fingerprint density at radius 1 is 1.07 bits per heavy atom. The fourth-order valence-corrected chi connectivity index (χ4v) is 5.37. The minimum absolute atomic E-state index is 0.263. The summed E-state index contributed by atoms with van der Waals surface area (Å²) in [5.41, 5.74) is 3.68. The number of rotatable bonds is 5. The second kappa shape index (κ2) is 8.53. The van der Waals surface area contributed by atoms with E-state index in [0.717, 1.165) is 42.6 Å². The number of aryl methyl sites for hydroxylation is 2. The smallest absolute Gasteiger partial charge is 0.223 e. The molecule has 6 heteroatoms. The van der Waals surface area contributed by atoms with E-state index in [4.69, 9.17) is 4.98 Å². The topological polar surface area (TPSA) is 36.4 Å². The zero-order chi connectivity index (χ0) is 19.5. The average molecular weight is 412 g/mol. The molecule has 0 unspecified atom stereocenters. The van der Waals surface area contributed by atoms with Gasteiger partial charge in [0.05, 0.1) is 10.2 Å². The number of thiazole rings is 1. The molecule has 146 valence electrons. The van der Waals surface area contributed by atoms with Crippen molar-refractivity contribution in [1.29, 1.82) is 0 Å². The summed E-state index contributed by atoms with van der Waals surface area (Å²) in [6, 6.07) is 14.6. The Morgan fingerprint density at radius 3 is 2.57 bits per heavy atom. The van der Waals surface area contributed by atoms with Crippen molar-refractivity contribution >= 4 is 44.4 Å². The van der Waals surface area contributed by atoms with Gasteiger partial charge in [-0.05, 0) is 43.2 Å². The Labute approximate surface area is 174 Å². The molecular formula is C22H25N3OS2. The lowest BCUT2D eigenvalue weighted by Crippen LogP contribution is -2.48. The van der Waals surface area contributed by atoms with E-state index in [-0.39, 0.29) is 5.91 Å². The van der Waals surface area contributed by atoms with Crippen LogP contribution in [-0.4, -0.2) is 47.7 Å². The second-order valence-electron chi connectivity index (χ2n) is 7.13. The van der Waals surface area contributed by atoms with E-state index in [0.29, 0.717) is 6.42 Å². The van der Waals surface area contributed by atoms with Crippen molar-refractivity contribution in [2.45, 2.75) is 25.2 Å². The number of piperazine rings is 1. The van der Waals surface area contributed by atoms with Gasteiger partial charge >= 0.3 is 0 Å². The van der Waals surface area contributed by atoms with Crippen LogP contribution in [0.5, 0.6) is 0 Å². The minimum atomic E-state index is 0.263. The van der Waals surface area contributed by atoms with Gasteiger partial charge in [-0.2, -0.15) is 0 Å². The Bertz CT molecular complexity index is 963. The van der Waals surface area contributed by atoms with Gasteiger partial charge in [0.1, 0.15) is 0 Å². The van der Waals surface area contributed by atoms with Gasteiger partial charge in [0.25, 0.3) is 0 Å². The molecule has 0 N–H and O–H groups in total. The number of hydrogen-bond donors (Lipinski definition) is 0. The van der Waals surface area contributed by atoms with E-state index in [2.05, 4.69) is 43.0 Å². The van der Waals surface area contributed by atoms with E-state index in [9.17, 15) is 4.79 Å². The molecule has 0 saturated carbocycles. The molecule has 0 radical (unpaired) electrons. The molecule has 4 rings (SSSR count). The molecule has 0 spiro atoms. The van der Waals surface area contributed by atoms with Gasteiger partial charge in [-0.1, -0.05) is 35.6 Å².